The van der Waals surface area contributed by atoms with E-state index in [1.807, 2.05) is 12.1 Å². The Morgan fingerprint density at radius 2 is 2.22 bits per heavy atom. The summed E-state index contributed by atoms with van der Waals surface area (Å²) in [5.74, 6) is 0.930. The Balaban J connectivity index is 2.17. The predicted octanol–water partition coefficient (Wildman–Crippen LogP) is 3.62. The van der Waals surface area contributed by atoms with Crippen molar-refractivity contribution in [3.05, 3.63) is 29.3 Å². The fraction of sp³-hybridized carbons (Fsp3) is 0.533. The van der Waals surface area contributed by atoms with Gasteiger partial charge < -0.3 is 11.1 Å². The lowest BCUT2D eigenvalue weighted by Gasteiger charge is -2.22. The molecule has 0 saturated heterocycles. The molecule has 1 aromatic rings. The van der Waals surface area contributed by atoms with Crippen LogP contribution in [0.5, 0.6) is 0 Å². The summed E-state index contributed by atoms with van der Waals surface area (Å²) in [7, 11) is 0. The van der Waals surface area contributed by atoms with Crippen molar-refractivity contribution in [2.45, 2.75) is 45.6 Å². The van der Waals surface area contributed by atoms with Crippen LogP contribution in [0.15, 0.2) is 18.2 Å². The molecule has 2 nitrogen and oxygen atoms in total. The van der Waals surface area contributed by atoms with Gasteiger partial charge in [-0.2, -0.15) is 0 Å². The molecule has 3 heteroatoms. The maximum Gasteiger partial charge on any atom is 0.106 e. The maximum atomic E-state index is 5.81. The number of nitrogens with one attached hydrogen (secondary N) is 1. The van der Waals surface area contributed by atoms with Gasteiger partial charge in [0.2, 0.25) is 0 Å². The van der Waals surface area contributed by atoms with E-state index in [9.17, 15) is 0 Å². The molecule has 0 heterocycles. The number of thiocarbonyl (C=S) groups is 1. The van der Waals surface area contributed by atoms with Crippen LogP contribution in [-0.4, -0.2) is 11.0 Å². The van der Waals surface area contributed by atoms with Crippen LogP contribution in [0.2, 0.25) is 0 Å². The molecule has 0 aliphatic heterocycles. The van der Waals surface area contributed by atoms with Crippen LogP contribution >= 0.6 is 12.2 Å². The van der Waals surface area contributed by atoms with Gasteiger partial charge in [-0.25, -0.2) is 0 Å². The molecule has 18 heavy (non-hydrogen) atoms. The van der Waals surface area contributed by atoms with Crippen molar-refractivity contribution in [2.24, 2.45) is 11.7 Å². The number of nitrogens with two attached hydrogens (primary N) is 1. The second kappa shape index (κ2) is 5.70. The molecule has 1 atom stereocenters. The molecule has 3 N–H and O–H groups in total. The smallest absolute Gasteiger partial charge is 0.106 e. The predicted molar refractivity (Wildman–Crippen MR) is 82.1 cm³/mol. The van der Waals surface area contributed by atoms with Crippen LogP contribution in [0.1, 0.15) is 43.7 Å². The highest BCUT2D eigenvalue weighted by Crippen LogP contribution is 2.35. The minimum atomic E-state index is 0.475. The van der Waals surface area contributed by atoms with Crippen molar-refractivity contribution >= 4 is 22.9 Å². The van der Waals surface area contributed by atoms with Crippen molar-refractivity contribution in [2.75, 3.05) is 5.32 Å². The first-order valence-corrected chi connectivity index (χ1v) is 7.18. The average Bonchev–Trinajstić information content (AvgIpc) is 3.14. The Morgan fingerprint density at radius 3 is 2.78 bits per heavy atom. The Kier molecular flexibility index (Phi) is 4.23. The fourth-order valence-electron chi connectivity index (χ4n) is 2.35. The zero-order chi connectivity index (χ0) is 13.1. The van der Waals surface area contributed by atoms with E-state index in [-0.39, 0.29) is 0 Å². The lowest BCUT2D eigenvalue weighted by atomic mass is 10.0. The monoisotopic (exact) mass is 262 g/mol. The summed E-state index contributed by atoms with van der Waals surface area (Å²) >= 11 is 5.14. The molecular weight excluding hydrogens is 240 g/mol. The number of benzene rings is 1. The Morgan fingerprint density at radius 1 is 1.50 bits per heavy atom. The molecule has 1 saturated carbocycles. The quantitative estimate of drug-likeness (QED) is 0.769. The van der Waals surface area contributed by atoms with Crippen molar-refractivity contribution in [3.63, 3.8) is 0 Å². The van der Waals surface area contributed by atoms with Crippen LogP contribution in [0.3, 0.4) is 0 Å². The van der Waals surface area contributed by atoms with E-state index in [1.54, 1.807) is 0 Å². The van der Waals surface area contributed by atoms with Gasteiger partial charge in [-0.05, 0) is 37.3 Å². The van der Waals surface area contributed by atoms with Crippen molar-refractivity contribution in [3.8, 4) is 0 Å². The first-order chi connectivity index (χ1) is 8.61. The molecule has 2 rings (SSSR count). The minimum Gasteiger partial charge on any atom is -0.389 e. The number of hydrogen-bond acceptors (Lipinski definition) is 2. The number of anilines is 1. The average molecular weight is 262 g/mol. The van der Waals surface area contributed by atoms with E-state index in [1.165, 1.54) is 24.8 Å². The topological polar surface area (TPSA) is 38.0 Å². The summed E-state index contributed by atoms with van der Waals surface area (Å²) in [4.78, 5) is 0.475. The summed E-state index contributed by atoms with van der Waals surface area (Å²) < 4.78 is 0. The first kappa shape index (κ1) is 13.3. The molecule has 1 aromatic carbocycles. The van der Waals surface area contributed by atoms with Gasteiger partial charge in [0.1, 0.15) is 4.99 Å². The largest absolute Gasteiger partial charge is 0.389 e. The second-order valence-electron chi connectivity index (χ2n) is 5.29. The van der Waals surface area contributed by atoms with Gasteiger partial charge in [-0.3, -0.25) is 0 Å². The van der Waals surface area contributed by atoms with Gasteiger partial charge in [0.15, 0.2) is 0 Å². The summed E-state index contributed by atoms with van der Waals surface area (Å²) in [6, 6.07) is 6.65. The molecule has 0 aromatic heterocycles. The van der Waals surface area contributed by atoms with E-state index < -0.39 is 0 Å². The zero-order valence-electron chi connectivity index (χ0n) is 11.2. The molecule has 0 bridgehead atoms. The molecule has 1 aliphatic rings. The number of rotatable bonds is 6. The Labute approximate surface area is 115 Å². The Bertz CT molecular complexity index is 438. The van der Waals surface area contributed by atoms with E-state index in [4.69, 9.17) is 18.0 Å². The highest BCUT2D eigenvalue weighted by molar-refractivity contribution is 7.80. The lowest BCUT2D eigenvalue weighted by molar-refractivity contribution is 0.586. The van der Waals surface area contributed by atoms with Crippen molar-refractivity contribution in [1.82, 2.24) is 0 Å². The third-order valence-corrected chi connectivity index (χ3v) is 3.91. The van der Waals surface area contributed by atoms with Crippen LogP contribution in [0.4, 0.5) is 5.69 Å². The van der Waals surface area contributed by atoms with Gasteiger partial charge in [0.05, 0.1) is 0 Å². The van der Waals surface area contributed by atoms with Crippen LogP contribution in [-0.2, 0) is 0 Å². The highest BCUT2D eigenvalue weighted by atomic mass is 32.1. The van der Waals surface area contributed by atoms with E-state index in [0.29, 0.717) is 11.0 Å². The van der Waals surface area contributed by atoms with Gasteiger partial charge >= 0.3 is 0 Å². The first-order valence-electron chi connectivity index (χ1n) is 6.77. The molecule has 0 spiro atoms. The number of para-hydroxylation sites is 1. The van der Waals surface area contributed by atoms with Gasteiger partial charge in [0, 0.05) is 17.3 Å². The molecule has 1 unspecified atom stereocenters. The lowest BCUT2D eigenvalue weighted by Crippen LogP contribution is -2.22. The minimum absolute atomic E-state index is 0.475. The molecule has 0 amide bonds. The van der Waals surface area contributed by atoms with Crippen LogP contribution in [0, 0.1) is 12.8 Å². The molecule has 98 valence electrons. The number of aryl methyl sites for hydroxylation is 1. The van der Waals surface area contributed by atoms with Gasteiger partial charge in [-0.1, -0.05) is 44.1 Å². The molecule has 0 radical (unpaired) electrons. The maximum absolute atomic E-state index is 5.81. The van der Waals surface area contributed by atoms with Crippen LogP contribution in [0.25, 0.3) is 0 Å². The summed E-state index contributed by atoms with van der Waals surface area (Å²) in [5.41, 5.74) is 9.12. The summed E-state index contributed by atoms with van der Waals surface area (Å²) in [5, 5.41) is 3.65. The SMILES string of the molecule is CCC(CC1CC1)Nc1c(C)cccc1C(N)=S. The van der Waals surface area contributed by atoms with E-state index in [2.05, 4.69) is 25.2 Å². The zero-order valence-corrected chi connectivity index (χ0v) is 12.0. The van der Waals surface area contributed by atoms with Crippen molar-refractivity contribution < 1.29 is 0 Å². The summed E-state index contributed by atoms with van der Waals surface area (Å²) in [6.07, 6.45) is 5.20. The molecule has 1 aliphatic carbocycles. The third kappa shape index (κ3) is 3.22. The number of hydrogen-bond donors (Lipinski definition) is 2. The molecular formula is C15H22N2S. The van der Waals surface area contributed by atoms with E-state index in [0.717, 1.165) is 23.6 Å². The Hall–Kier alpha value is -1.09. The highest BCUT2D eigenvalue weighted by Gasteiger charge is 2.25. The van der Waals surface area contributed by atoms with Gasteiger partial charge in [0.25, 0.3) is 0 Å². The third-order valence-electron chi connectivity index (χ3n) is 3.69. The normalized spacial score (nSPS) is 16.3. The molecule has 1 fully saturated rings. The van der Waals surface area contributed by atoms with Crippen LogP contribution < -0.4 is 11.1 Å². The van der Waals surface area contributed by atoms with Gasteiger partial charge in [-0.15, -0.1) is 0 Å². The second-order valence-corrected chi connectivity index (χ2v) is 5.73. The fourth-order valence-corrected chi connectivity index (χ4v) is 2.52. The van der Waals surface area contributed by atoms with Crippen molar-refractivity contribution in [1.29, 1.82) is 0 Å². The summed E-state index contributed by atoms with van der Waals surface area (Å²) in [6.45, 7) is 4.34. The van der Waals surface area contributed by atoms with E-state index >= 15 is 0 Å². The standard InChI is InChI=1S/C15H22N2S/c1-3-12(9-11-7-8-11)17-14-10(2)5-4-6-13(14)15(16)18/h4-6,11-12,17H,3,7-9H2,1-2H3,(H2,16,18).